The topological polar surface area (TPSA) is 126 Å². The van der Waals surface area contributed by atoms with Crippen LogP contribution in [-0.2, 0) is 26.7 Å². The minimum absolute atomic E-state index is 0.167. The Bertz CT molecular complexity index is 1530. The van der Waals surface area contributed by atoms with Crippen LogP contribution in [0.15, 0.2) is 67.3 Å². The molecule has 4 N–H and O–H groups in total. The zero-order valence-electron chi connectivity index (χ0n) is 19.5. The number of amides is 1. The van der Waals surface area contributed by atoms with E-state index >= 15 is 0 Å². The molecule has 0 fully saturated rings. The number of aromatic amines is 1. The lowest BCUT2D eigenvalue weighted by Crippen LogP contribution is -2.22. The van der Waals surface area contributed by atoms with E-state index in [2.05, 4.69) is 20.1 Å². The van der Waals surface area contributed by atoms with E-state index in [0.717, 1.165) is 27.8 Å². The number of fused-ring (bicyclic) bond motifs is 2. The molecule has 2 aromatic carbocycles. The molecule has 182 valence electrons. The fourth-order valence-corrected chi connectivity index (χ4v) is 4.21. The molecule has 5 aromatic rings. The Kier molecular flexibility index (Phi) is 6.17. The van der Waals surface area contributed by atoms with Crippen molar-refractivity contribution >= 4 is 17.1 Å². The minimum Gasteiger partial charge on any atom is -0.465 e. The summed E-state index contributed by atoms with van der Waals surface area (Å²) in [6.45, 7) is 1.23. The average molecular weight is 486 g/mol. The van der Waals surface area contributed by atoms with Crippen LogP contribution in [0.3, 0.4) is 0 Å². The normalized spacial score (nSPS) is 12.4. The first-order chi connectivity index (χ1) is 17.4. The van der Waals surface area contributed by atoms with Gasteiger partial charge in [0.05, 0.1) is 17.6 Å². The molecule has 3 aromatic heterocycles. The highest BCUT2D eigenvalue weighted by Crippen LogP contribution is 2.30. The second kappa shape index (κ2) is 9.59. The molecule has 10 heteroatoms. The van der Waals surface area contributed by atoms with Crippen molar-refractivity contribution in [2.45, 2.75) is 19.6 Å². The molecule has 9 nitrogen and oxygen atoms in total. The van der Waals surface area contributed by atoms with Gasteiger partial charge in [-0.15, -0.1) is 0 Å². The molecule has 0 spiro atoms. The molecule has 4 heterocycles. The van der Waals surface area contributed by atoms with Crippen molar-refractivity contribution in [3.8, 4) is 22.5 Å². The third-order valence-corrected chi connectivity index (χ3v) is 6.10. The number of nitrogens with two attached hydrogens (primary N) is 1. The summed E-state index contributed by atoms with van der Waals surface area (Å²) in [6.07, 6.45) is 4.31. The number of H-pyrrole nitrogens is 1. The molecular formula is C26H24FN7O2. The first-order valence-corrected chi connectivity index (χ1v) is 11.3. The van der Waals surface area contributed by atoms with Gasteiger partial charge in [-0.2, -0.15) is 5.10 Å². The Balaban J connectivity index is 0.000000186. The monoisotopic (exact) mass is 485 g/mol. The number of aromatic nitrogens is 5. The summed E-state index contributed by atoms with van der Waals surface area (Å²) in [5.74, 6) is -0.329. The van der Waals surface area contributed by atoms with E-state index in [4.69, 9.17) is 10.8 Å². The Morgan fingerprint density at radius 3 is 2.47 bits per heavy atom. The van der Waals surface area contributed by atoms with Gasteiger partial charge in [0.25, 0.3) is 0 Å². The van der Waals surface area contributed by atoms with Crippen molar-refractivity contribution in [2.24, 2.45) is 12.8 Å². The van der Waals surface area contributed by atoms with Crippen molar-refractivity contribution in [1.82, 2.24) is 29.6 Å². The van der Waals surface area contributed by atoms with Gasteiger partial charge in [-0.25, -0.2) is 19.2 Å². The van der Waals surface area contributed by atoms with Crippen molar-refractivity contribution in [3.05, 3.63) is 89.8 Å². The fraction of sp³-hybridized carbons (Fsp3) is 0.154. The third kappa shape index (κ3) is 4.53. The number of carboxylic acid groups (broad SMARTS) is 1. The number of carbonyl (C=O) groups is 1. The molecule has 36 heavy (non-hydrogen) atoms. The van der Waals surface area contributed by atoms with Gasteiger partial charge in [0.15, 0.2) is 0 Å². The fourth-order valence-electron chi connectivity index (χ4n) is 4.21. The van der Waals surface area contributed by atoms with Gasteiger partial charge < -0.3 is 15.8 Å². The zero-order chi connectivity index (χ0) is 25.2. The smallest absolute Gasteiger partial charge is 0.407 e. The van der Waals surface area contributed by atoms with Crippen molar-refractivity contribution in [2.75, 3.05) is 0 Å². The maximum absolute atomic E-state index is 14.1. The van der Waals surface area contributed by atoms with Crippen LogP contribution in [0.25, 0.3) is 33.5 Å². The van der Waals surface area contributed by atoms with Crippen molar-refractivity contribution in [1.29, 1.82) is 0 Å². The molecule has 0 saturated carbocycles. The van der Waals surface area contributed by atoms with Crippen LogP contribution >= 0.6 is 0 Å². The van der Waals surface area contributed by atoms with E-state index < -0.39 is 6.09 Å². The molecule has 0 unspecified atom stereocenters. The van der Waals surface area contributed by atoms with Crippen LogP contribution in [0.4, 0.5) is 9.18 Å². The highest BCUT2D eigenvalue weighted by Gasteiger charge is 2.21. The number of nitrogens with zero attached hydrogens (tertiary/aromatic N) is 5. The molecule has 1 aliphatic heterocycles. The molecule has 1 amide bonds. The molecule has 0 bridgehead atoms. The zero-order valence-corrected chi connectivity index (χ0v) is 19.5. The lowest BCUT2D eigenvalue weighted by Gasteiger charge is -2.08. The Hall–Kier alpha value is -4.57. The summed E-state index contributed by atoms with van der Waals surface area (Å²) >= 11 is 0. The summed E-state index contributed by atoms with van der Waals surface area (Å²) < 4.78 is 15.8. The van der Waals surface area contributed by atoms with Gasteiger partial charge in [-0.3, -0.25) is 9.58 Å². The van der Waals surface area contributed by atoms with Crippen LogP contribution in [0.2, 0.25) is 0 Å². The molecule has 0 saturated heterocycles. The highest BCUT2D eigenvalue weighted by atomic mass is 19.1. The number of nitrogens with one attached hydrogen (secondary N) is 1. The largest absolute Gasteiger partial charge is 0.465 e. The summed E-state index contributed by atoms with van der Waals surface area (Å²) in [5.41, 5.74) is 12.1. The van der Waals surface area contributed by atoms with Crippen LogP contribution in [-0.4, -0.2) is 40.8 Å². The summed E-state index contributed by atoms with van der Waals surface area (Å²) in [6, 6.07) is 14.7. The standard InChI is InChI=1S/C17H15FN6.C9H9NO2/c1-24-8-12(7-22-24)15-5-13-16(20-9-21-17(13)23-15)10-2-3-11(6-19)14(18)4-10;11-9(12)10-5-7-3-1-2-4-8(7)6-10/h2-5,7-9H,6,19H2,1H3,(H,20,21,23);1-4H,5-6H2,(H,11,12). The van der Waals surface area contributed by atoms with Crippen LogP contribution in [0.5, 0.6) is 0 Å². The number of rotatable bonds is 3. The second-order valence-corrected chi connectivity index (χ2v) is 8.49. The quantitative estimate of drug-likeness (QED) is 0.350. The van der Waals surface area contributed by atoms with Gasteiger partial charge in [0, 0.05) is 55.0 Å². The number of halogens is 1. The Morgan fingerprint density at radius 2 is 1.86 bits per heavy atom. The third-order valence-electron chi connectivity index (χ3n) is 6.10. The van der Waals surface area contributed by atoms with E-state index in [-0.39, 0.29) is 12.4 Å². The second-order valence-electron chi connectivity index (χ2n) is 8.49. The molecule has 0 atom stereocenters. The van der Waals surface area contributed by atoms with E-state index in [0.29, 0.717) is 35.6 Å². The predicted molar refractivity (Wildman–Crippen MR) is 133 cm³/mol. The van der Waals surface area contributed by atoms with Gasteiger partial charge in [-0.1, -0.05) is 36.4 Å². The molecule has 0 radical (unpaired) electrons. The predicted octanol–water partition coefficient (Wildman–Crippen LogP) is 4.30. The summed E-state index contributed by atoms with van der Waals surface area (Å²) in [4.78, 5) is 23.9. The molecule has 6 rings (SSSR count). The van der Waals surface area contributed by atoms with E-state index in [9.17, 15) is 9.18 Å². The Morgan fingerprint density at radius 1 is 1.11 bits per heavy atom. The summed E-state index contributed by atoms with van der Waals surface area (Å²) in [7, 11) is 1.86. The summed E-state index contributed by atoms with van der Waals surface area (Å²) in [5, 5.41) is 13.7. The number of benzene rings is 2. The van der Waals surface area contributed by atoms with Crippen molar-refractivity contribution in [3.63, 3.8) is 0 Å². The van der Waals surface area contributed by atoms with Crippen molar-refractivity contribution < 1.29 is 14.3 Å². The Labute approximate surface area is 206 Å². The van der Waals surface area contributed by atoms with Crippen LogP contribution in [0, 0.1) is 5.82 Å². The lowest BCUT2D eigenvalue weighted by atomic mass is 10.1. The van der Waals surface area contributed by atoms with Gasteiger partial charge in [-0.05, 0) is 23.3 Å². The lowest BCUT2D eigenvalue weighted by molar-refractivity contribution is 0.145. The van der Waals surface area contributed by atoms with Gasteiger partial charge in [0.1, 0.15) is 17.8 Å². The SMILES string of the molecule is Cn1cc(-c2cc3c(-c4ccc(CN)c(F)c4)ncnc3[nH]2)cn1.O=C(O)N1Cc2ccccc2C1. The first kappa shape index (κ1) is 23.2. The maximum Gasteiger partial charge on any atom is 0.407 e. The van der Waals surface area contributed by atoms with Gasteiger partial charge in [0.2, 0.25) is 0 Å². The molecule has 1 aliphatic rings. The van der Waals surface area contributed by atoms with Crippen LogP contribution in [0.1, 0.15) is 16.7 Å². The minimum atomic E-state index is -0.841. The number of hydrogen-bond acceptors (Lipinski definition) is 5. The highest BCUT2D eigenvalue weighted by molar-refractivity contribution is 5.94. The van der Waals surface area contributed by atoms with E-state index in [1.54, 1.807) is 16.9 Å². The van der Waals surface area contributed by atoms with Crippen LogP contribution < -0.4 is 5.73 Å². The molecular weight excluding hydrogens is 461 g/mol. The average Bonchev–Trinajstić information content (AvgIpc) is 3.61. The number of aryl methyl sites for hydroxylation is 1. The maximum atomic E-state index is 14.1. The van der Waals surface area contributed by atoms with Gasteiger partial charge >= 0.3 is 6.09 Å². The molecule has 0 aliphatic carbocycles. The van der Waals surface area contributed by atoms with E-state index in [1.165, 1.54) is 17.3 Å². The first-order valence-electron chi connectivity index (χ1n) is 11.3. The number of hydrogen-bond donors (Lipinski definition) is 3. The van der Waals surface area contributed by atoms with E-state index in [1.807, 2.05) is 49.6 Å².